The van der Waals surface area contributed by atoms with Gasteiger partial charge in [-0.1, -0.05) is 18.9 Å². The molecular weight excluding hydrogens is 250 g/mol. The topological polar surface area (TPSA) is 32.3 Å². The van der Waals surface area contributed by atoms with Gasteiger partial charge in [0.2, 0.25) is 5.91 Å². The van der Waals surface area contributed by atoms with Crippen molar-refractivity contribution < 1.29 is 13.6 Å². The van der Waals surface area contributed by atoms with Crippen molar-refractivity contribution in [3.63, 3.8) is 0 Å². The third-order valence-electron chi connectivity index (χ3n) is 3.81. The zero-order valence-corrected chi connectivity index (χ0v) is 10.5. The summed E-state index contributed by atoms with van der Waals surface area (Å²) in [5, 5.41) is 3.05. The quantitative estimate of drug-likeness (QED) is 0.906. The van der Waals surface area contributed by atoms with Gasteiger partial charge in [-0.25, -0.2) is 8.78 Å². The minimum atomic E-state index is -0.874. The van der Waals surface area contributed by atoms with E-state index in [1.165, 1.54) is 18.9 Å². The van der Waals surface area contributed by atoms with Crippen molar-refractivity contribution in [2.45, 2.75) is 25.4 Å². The number of rotatable bonds is 4. The molecule has 2 fully saturated rings. The van der Waals surface area contributed by atoms with Gasteiger partial charge in [-0.15, -0.1) is 0 Å². The van der Waals surface area contributed by atoms with Gasteiger partial charge >= 0.3 is 0 Å². The van der Waals surface area contributed by atoms with E-state index in [1.807, 2.05) is 0 Å². The van der Waals surface area contributed by atoms with Crippen molar-refractivity contribution in [1.29, 1.82) is 0 Å². The smallest absolute Gasteiger partial charge is 0.238 e. The van der Waals surface area contributed by atoms with Crippen LogP contribution in [-0.4, -0.2) is 23.9 Å². The summed E-state index contributed by atoms with van der Waals surface area (Å²) in [4.78, 5) is 13.6. The summed E-state index contributed by atoms with van der Waals surface area (Å²) in [6.07, 6.45) is 3.14. The van der Waals surface area contributed by atoms with Crippen LogP contribution in [0, 0.1) is 17.6 Å². The Balaban J connectivity index is 1.76. The van der Waals surface area contributed by atoms with Gasteiger partial charge in [-0.3, -0.25) is 10.1 Å². The lowest BCUT2D eigenvalue weighted by Gasteiger charge is -2.24. The van der Waals surface area contributed by atoms with Gasteiger partial charge in [0.1, 0.15) is 6.17 Å². The van der Waals surface area contributed by atoms with Gasteiger partial charge < -0.3 is 4.90 Å². The van der Waals surface area contributed by atoms with Crippen LogP contribution in [0.1, 0.15) is 31.0 Å². The summed E-state index contributed by atoms with van der Waals surface area (Å²) < 4.78 is 26.2. The van der Waals surface area contributed by atoms with Crippen molar-refractivity contribution in [1.82, 2.24) is 10.2 Å². The molecule has 1 N–H and O–H groups in total. The minimum absolute atomic E-state index is 0.0235. The molecule has 3 nitrogen and oxygen atoms in total. The third kappa shape index (κ3) is 2.61. The van der Waals surface area contributed by atoms with E-state index < -0.39 is 11.6 Å². The Morgan fingerprint density at radius 2 is 2.05 bits per heavy atom. The molecule has 19 heavy (non-hydrogen) atoms. The molecule has 1 aliphatic heterocycles. The van der Waals surface area contributed by atoms with Crippen LogP contribution in [0.3, 0.4) is 0 Å². The van der Waals surface area contributed by atoms with Gasteiger partial charge in [0.15, 0.2) is 11.6 Å². The van der Waals surface area contributed by atoms with Crippen molar-refractivity contribution >= 4 is 5.91 Å². The molecule has 1 aliphatic carbocycles. The van der Waals surface area contributed by atoms with Crippen molar-refractivity contribution in [2.75, 3.05) is 13.1 Å². The highest BCUT2D eigenvalue weighted by Crippen LogP contribution is 2.34. The standard InChI is InChI=1S/C14H16F2N2O/c15-11-4-3-10(7-12(11)16)14-17-8-13(19)18(14)6-5-9-1-2-9/h3-4,7,9,14,17H,1-2,5-6,8H2. The van der Waals surface area contributed by atoms with E-state index in [0.29, 0.717) is 12.1 Å². The highest BCUT2D eigenvalue weighted by atomic mass is 19.2. The summed E-state index contributed by atoms with van der Waals surface area (Å²) in [5.74, 6) is -0.979. The lowest BCUT2D eigenvalue weighted by atomic mass is 10.1. The number of halogens is 2. The monoisotopic (exact) mass is 266 g/mol. The molecule has 1 saturated heterocycles. The molecule has 1 atom stereocenters. The first kappa shape index (κ1) is 12.5. The van der Waals surface area contributed by atoms with Crippen LogP contribution in [0.25, 0.3) is 0 Å². The zero-order valence-electron chi connectivity index (χ0n) is 10.5. The van der Waals surface area contributed by atoms with E-state index in [-0.39, 0.29) is 18.6 Å². The second kappa shape index (κ2) is 4.89. The van der Waals surface area contributed by atoms with E-state index in [9.17, 15) is 13.6 Å². The first-order valence-electron chi connectivity index (χ1n) is 6.63. The Morgan fingerprint density at radius 1 is 1.26 bits per heavy atom. The van der Waals surface area contributed by atoms with Crippen LogP contribution < -0.4 is 5.32 Å². The van der Waals surface area contributed by atoms with Crippen LogP contribution in [0.2, 0.25) is 0 Å². The van der Waals surface area contributed by atoms with Crippen LogP contribution in [-0.2, 0) is 4.79 Å². The Morgan fingerprint density at radius 3 is 2.74 bits per heavy atom. The van der Waals surface area contributed by atoms with Crippen LogP contribution >= 0.6 is 0 Å². The number of benzene rings is 1. The summed E-state index contributed by atoms with van der Waals surface area (Å²) in [6.45, 7) is 0.939. The number of hydrogen-bond acceptors (Lipinski definition) is 2. The fourth-order valence-corrected chi connectivity index (χ4v) is 2.50. The number of nitrogens with one attached hydrogen (secondary N) is 1. The molecule has 2 aliphatic rings. The molecule has 0 radical (unpaired) electrons. The van der Waals surface area contributed by atoms with Crippen LogP contribution in [0.15, 0.2) is 18.2 Å². The Labute approximate surface area is 110 Å². The minimum Gasteiger partial charge on any atom is -0.322 e. The van der Waals surface area contributed by atoms with Gasteiger partial charge in [0, 0.05) is 6.54 Å². The first-order chi connectivity index (χ1) is 9.15. The first-order valence-corrected chi connectivity index (χ1v) is 6.63. The highest BCUT2D eigenvalue weighted by Gasteiger charge is 2.33. The number of hydrogen-bond donors (Lipinski definition) is 1. The maximum atomic E-state index is 13.3. The van der Waals surface area contributed by atoms with Gasteiger partial charge in [0.05, 0.1) is 6.54 Å². The molecule has 1 aromatic carbocycles. The SMILES string of the molecule is O=C1CNC(c2ccc(F)c(F)c2)N1CCC1CC1. The molecule has 3 rings (SSSR count). The normalized spacial score (nSPS) is 23.2. The number of amides is 1. The van der Waals surface area contributed by atoms with Crippen molar-refractivity contribution in [3.05, 3.63) is 35.4 Å². The van der Waals surface area contributed by atoms with E-state index in [0.717, 1.165) is 24.5 Å². The van der Waals surface area contributed by atoms with E-state index in [4.69, 9.17) is 0 Å². The third-order valence-corrected chi connectivity index (χ3v) is 3.81. The molecule has 0 spiro atoms. The average Bonchev–Trinajstić information content (AvgIpc) is 3.14. The molecule has 1 amide bonds. The molecule has 1 heterocycles. The molecule has 0 aromatic heterocycles. The Hall–Kier alpha value is -1.49. The van der Waals surface area contributed by atoms with Gasteiger partial charge in [-0.2, -0.15) is 0 Å². The Bertz CT molecular complexity index is 502. The van der Waals surface area contributed by atoms with Crippen LogP contribution in [0.4, 0.5) is 8.78 Å². The van der Waals surface area contributed by atoms with Crippen LogP contribution in [0.5, 0.6) is 0 Å². The van der Waals surface area contributed by atoms with Crippen molar-refractivity contribution in [3.8, 4) is 0 Å². The lowest BCUT2D eigenvalue weighted by Crippen LogP contribution is -2.31. The largest absolute Gasteiger partial charge is 0.322 e. The maximum Gasteiger partial charge on any atom is 0.238 e. The summed E-state index contributed by atoms with van der Waals surface area (Å²) in [6, 6.07) is 3.79. The maximum absolute atomic E-state index is 13.3. The molecule has 5 heteroatoms. The molecule has 1 unspecified atom stereocenters. The molecular formula is C14H16F2N2O. The zero-order chi connectivity index (χ0) is 13.4. The molecule has 1 saturated carbocycles. The number of nitrogens with zero attached hydrogens (tertiary/aromatic N) is 1. The molecule has 102 valence electrons. The second-order valence-electron chi connectivity index (χ2n) is 5.28. The van der Waals surface area contributed by atoms with Crippen molar-refractivity contribution in [2.24, 2.45) is 5.92 Å². The predicted molar refractivity (Wildman–Crippen MR) is 66.2 cm³/mol. The van der Waals surface area contributed by atoms with E-state index >= 15 is 0 Å². The Kier molecular flexibility index (Phi) is 3.22. The average molecular weight is 266 g/mol. The summed E-state index contributed by atoms with van der Waals surface area (Å²) in [5.41, 5.74) is 0.598. The fraction of sp³-hybridized carbons (Fsp3) is 0.500. The fourth-order valence-electron chi connectivity index (χ4n) is 2.50. The highest BCUT2D eigenvalue weighted by molar-refractivity contribution is 5.80. The molecule has 0 bridgehead atoms. The van der Waals surface area contributed by atoms with E-state index in [1.54, 1.807) is 4.90 Å². The van der Waals surface area contributed by atoms with Gasteiger partial charge in [-0.05, 0) is 30.0 Å². The predicted octanol–water partition coefficient (Wildman–Crippen LogP) is 2.20. The van der Waals surface area contributed by atoms with Gasteiger partial charge in [0.25, 0.3) is 0 Å². The number of carbonyl (C=O) groups is 1. The second-order valence-corrected chi connectivity index (χ2v) is 5.28. The summed E-state index contributed by atoms with van der Waals surface area (Å²) in [7, 11) is 0. The van der Waals surface area contributed by atoms with E-state index in [2.05, 4.69) is 5.32 Å². The summed E-state index contributed by atoms with van der Waals surface area (Å²) >= 11 is 0. The number of carbonyl (C=O) groups excluding carboxylic acids is 1. The lowest BCUT2D eigenvalue weighted by molar-refractivity contribution is -0.128. The molecule has 1 aromatic rings.